The Morgan fingerprint density at radius 1 is 1.33 bits per heavy atom. The molecule has 7 heteroatoms. The van der Waals surface area contributed by atoms with Crippen LogP contribution in [0, 0.1) is 8.98 Å². The monoisotopic (exact) mass is 343 g/mol. The van der Waals surface area contributed by atoms with Crippen LogP contribution in [-0.4, -0.2) is 26.9 Å². The molecular weight excluding hydrogens is 333 g/mol. The van der Waals surface area contributed by atoms with E-state index in [1.165, 1.54) is 28.5 Å². The summed E-state index contributed by atoms with van der Waals surface area (Å²) in [5, 5.41) is 16.1. The molecule has 1 rings (SSSR count). The van der Waals surface area contributed by atoms with Crippen molar-refractivity contribution in [3.63, 3.8) is 0 Å². The predicted octanol–water partition coefficient (Wildman–Crippen LogP) is 1.17. The van der Waals surface area contributed by atoms with Gasteiger partial charge in [0.05, 0.1) is 0 Å². The van der Waals surface area contributed by atoms with Gasteiger partial charge in [0.1, 0.15) is 0 Å². The Morgan fingerprint density at radius 3 is 2.20 bits per heavy atom. The Morgan fingerprint density at radius 2 is 1.87 bits per heavy atom. The Balaban J connectivity index is 3.05. The van der Waals surface area contributed by atoms with Gasteiger partial charge >= 0.3 is 95.0 Å². The normalized spacial score (nSPS) is 12.3. The first-order valence-electron chi connectivity index (χ1n) is 3.82. The molecule has 0 aliphatic carbocycles. The molecule has 0 saturated heterocycles. The summed E-state index contributed by atoms with van der Waals surface area (Å²) < 4.78 is 32.1. The van der Waals surface area contributed by atoms with Crippen molar-refractivity contribution in [2.24, 2.45) is 0 Å². The molecule has 0 spiro atoms. The van der Waals surface area contributed by atoms with Gasteiger partial charge in [-0.05, 0) is 0 Å². The number of benzene rings is 1. The van der Waals surface area contributed by atoms with Crippen molar-refractivity contribution in [2.75, 3.05) is 4.61 Å². The molecule has 0 bridgehead atoms. The zero-order chi connectivity index (χ0) is 11.5. The van der Waals surface area contributed by atoms with Gasteiger partial charge in [-0.1, -0.05) is 0 Å². The van der Waals surface area contributed by atoms with E-state index in [1.807, 2.05) is 0 Å². The summed E-state index contributed by atoms with van der Waals surface area (Å²) in [4.78, 5) is -0.176. The van der Waals surface area contributed by atoms with E-state index >= 15 is 0 Å². The Bertz CT molecular complexity index is 442. The molecule has 0 aliphatic rings. The van der Waals surface area contributed by atoms with Gasteiger partial charge in [0.15, 0.2) is 0 Å². The van der Waals surface area contributed by atoms with Crippen LogP contribution >= 0.6 is 19.8 Å². The zero-order valence-corrected chi connectivity index (χ0v) is 10.6. The molecule has 0 unspecified atom stereocenters. The van der Waals surface area contributed by atoms with Crippen molar-refractivity contribution in [3.05, 3.63) is 27.8 Å². The van der Waals surface area contributed by atoms with Crippen molar-refractivity contribution in [1.82, 2.24) is 0 Å². The van der Waals surface area contributed by atoms with Crippen LogP contribution in [0.5, 0.6) is 0 Å². The van der Waals surface area contributed by atoms with Gasteiger partial charge in [0.2, 0.25) is 0 Å². The molecular formula is C8H10INO4S. The SMILES string of the molecule is N=CI(CO)c1ccc(S(=O)(=O)O)cc1. The number of hydrogen-bond donors (Lipinski definition) is 3. The Labute approximate surface area is 94.8 Å². The quantitative estimate of drug-likeness (QED) is 0.331. The van der Waals surface area contributed by atoms with Crippen LogP contribution in [0.4, 0.5) is 0 Å². The predicted molar refractivity (Wildman–Crippen MR) is 64.8 cm³/mol. The van der Waals surface area contributed by atoms with E-state index in [9.17, 15) is 8.42 Å². The molecule has 0 aliphatic heterocycles. The Kier molecular flexibility index (Phi) is 4.20. The molecule has 0 atom stereocenters. The maximum absolute atomic E-state index is 10.7. The van der Waals surface area contributed by atoms with E-state index in [0.717, 1.165) is 3.57 Å². The molecule has 0 fully saturated rings. The fourth-order valence-corrected chi connectivity index (χ4v) is 3.65. The molecule has 5 nitrogen and oxygen atoms in total. The first-order valence-corrected chi connectivity index (χ1v) is 9.11. The molecule has 15 heavy (non-hydrogen) atoms. The fourth-order valence-electron chi connectivity index (χ4n) is 0.935. The number of rotatable bonds is 4. The van der Waals surface area contributed by atoms with Crippen molar-refractivity contribution < 1.29 is 18.1 Å². The second-order valence-corrected chi connectivity index (χ2v) is 8.79. The molecule has 0 radical (unpaired) electrons. The second kappa shape index (κ2) is 5.01. The van der Waals surface area contributed by atoms with Gasteiger partial charge in [-0.2, -0.15) is 0 Å². The molecule has 0 aromatic heterocycles. The van der Waals surface area contributed by atoms with Crippen LogP contribution in [0.15, 0.2) is 29.2 Å². The van der Waals surface area contributed by atoms with E-state index in [4.69, 9.17) is 15.1 Å². The van der Waals surface area contributed by atoms with E-state index in [2.05, 4.69) is 0 Å². The van der Waals surface area contributed by atoms with Crippen LogP contribution in [0.25, 0.3) is 0 Å². The molecule has 1 aromatic carbocycles. The molecule has 3 N–H and O–H groups in total. The zero-order valence-electron chi connectivity index (χ0n) is 7.59. The van der Waals surface area contributed by atoms with Gasteiger partial charge in [0, 0.05) is 0 Å². The van der Waals surface area contributed by atoms with E-state index in [-0.39, 0.29) is 9.51 Å². The minimum absolute atomic E-state index is 0.0569. The van der Waals surface area contributed by atoms with Crippen molar-refractivity contribution in [1.29, 1.82) is 5.41 Å². The molecule has 0 saturated carbocycles. The van der Waals surface area contributed by atoms with Crippen molar-refractivity contribution in [3.8, 4) is 0 Å². The number of nitrogens with one attached hydrogen (secondary N) is 1. The van der Waals surface area contributed by atoms with Crippen LogP contribution in [0.2, 0.25) is 0 Å². The van der Waals surface area contributed by atoms with E-state index in [0.29, 0.717) is 0 Å². The number of aliphatic hydroxyl groups excluding tert-OH is 1. The summed E-state index contributed by atoms with van der Waals surface area (Å²) in [5.41, 5.74) is 0. The van der Waals surface area contributed by atoms with Crippen molar-refractivity contribution in [2.45, 2.75) is 4.90 Å². The van der Waals surface area contributed by atoms with Crippen LogP contribution < -0.4 is 0 Å². The molecule has 84 valence electrons. The van der Waals surface area contributed by atoms with Crippen molar-refractivity contribution >= 4 is 34.2 Å². The van der Waals surface area contributed by atoms with Gasteiger partial charge in [-0.25, -0.2) is 0 Å². The average Bonchev–Trinajstić information content (AvgIpc) is 2.19. The molecule has 1 aromatic rings. The first-order chi connectivity index (χ1) is 6.99. The molecule has 0 heterocycles. The standard InChI is InChI=1S/C8H10INO4S/c10-5-9(6-11)7-1-3-8(4-2-7)15(12,13)14/h1-5,10-11H,6H2,(H,12,13,14). The fraction of sp³-hybridized carbons (Fsp3) is 0.125. The number of halogens is 1. The van der Waals surface area contributed by atoms with E-state index < -0.39 is 29.9 Å². The third-order valence-electron chi connectivity index (χ3n) is 1.65. The van der Waals surface area contributed by atoms with Crippen LogP contribution in [0.3, 0.4) is 0 Å². The Hall–Kier alpha value is -0.510. The number of aliphatic hydroxyl groups is 1. The second-order valence-electron chi connectivity index (χ2n) is 2.55. The first kappa shape index (κ1) is 12.6. The average molecular weight is 343 g/mol. The molecule has 0 amide bonds. The summed E-state index contributed by atoms with van der Waals surface area (Å²) in [6, 6.07) is 5.59. The topological polar surface area (TPSA) is 98.5 Å². The summed E-state index contributed by atoms with van der Waals surface area (Å²) in [6.07, 6.45) is 0. The minimum atomic E-state index is -4.16. The third-order valence-corrected chi connectivity index (χ3v) is 6.33. The van der Waals surface area contributed by atoms with E-state index in [1.54, 1.807) is 0 Å². The summed E-state index contributed by atoms with van der Waals surface area (Å²) >= 11 is -1.98. The van der Waals surface area contributed by atoms with Gasteiger partial charge in [-0.15, -0.1) is 0 Å². The summed E-state index contributed by atoms with van der Waals surface area (Å²) in [5.74, 6) is 0. The summed E-state index contributed by atoms with van der Waals surface area (Å²) in [6.45, 7) is 0. The van der Waals surface area contributed by atoms with Gasteiger partial charge < -0.3 is 0 Å². The van der Waals surface area contributed by atoms with Gasteiger partial charge in [-0.3, -0.25) is 0 Å². The van der Waals surface area contributed by atoms with Crippen LogP contribution in [0.1, 0.15) is 0 Å². The van der Waals surface area contributed by atoms with Crippen LogP contribution in [-0.2, 0) is 10.1 Å². The number of alkyl halides is 1. The number of hydrogen-bond acceptors (Lipinski definition) is 4. The van der Waals surface area contributed by atoms with Gasteiger partial charge in [0.25, 0.3) is 0 Å². The summed E-state index contributed by atoms with van der Waals surface area (Å²) in [7, 11) is -4.16. The third kappa shape index (κ3) is 3.23. The maximum atomic E-state index is 10.7.